The van der Waals surface area contributed by atoms with E-state index in [4.69, 9.17) is 5.73 Å². The third-order valence-corrected chi connectivity index (χ3v) is 3.05. The number of nitrogens with two attached hydrogens (primary N) is 1. The van der Waals surface area contributed by atoms with Crippen LogP contribution in [0.3, 0.4) is 0 Å². The molecule has 0 saturated carbocycles. The number of nitrogens with one attached hydrogen (secondary N) is 1. The molecule has 0 aliphatic heterocycles. The number of rotatable bonds is 5. The fourth-order valence-corrected chi connectivity index (χ4v) is 2.13. The molecule has 1 heterocycles. The summed E-state index contributed by atoms with van der Waals surface area (Å²) in [7, 11) is 0. The minimum atomic E-state index is -0.00266. The monoisotopic (exact) mass is 272 g/mol. The molecule has 1 amide bonds. The van der Waals surface area contributed by atoms with Gasteiger partial charge in [0.15, 0.2) is 0 Å². The van der Waals surface area contributed by atoms with Crippen LogP contribution in [0.2, 0.25) is 0 Å². The quantitative estimate of drug-likeness (QED) is 0.821. The molecule has 2 rings (SSSR count). The van der Waals surface area contributed by atoms with Gasteiger partial charge in [0, 0.05) is 30.0 Å². The van der Waals surface area contributed by atoms with Gasteiger partial charge < -0.3 is 11.1 Å². The minimum absolute atomic E-state index is 0.00266. The molecule has 106 valence electrons. The van der Waals surface area contributed by atoms with E-state index in [1.165, 1.54) is 0 Å². The van der Waals surface area contributed by atoms with Crippen molar-refractivity contribution in [3.63, 3.8) is 0 Å². The van der Waals surface area contributed by atoms with E-state index in [2.05, 4.69) is 10.4 Å². The van der Waals surface area contributed by atoms with Gasteiger partial charge in [-0.15, -0.1) is 0 Å². The maximum atomic E-state index is 11.8. The average Bonchev–Trinajstić information content (AvgIpc) is 2.68. The van der Waals surface area contributed by atoms with Crippen LogP contribution < -0.4 is 11.1 Å². The molecule has 20 heavy (non-hydrogen) atoms. The van der Waals surface area contributed by atoms with Gasteiger partial charge in [0.05, 0.1) is 5.69 Å². The highest BCUT2D eigenvalue weighted by molar-refractivity contribution is 5.91. The molecule has 0 saturated heterocycles. The van der Waals surface area contributed by atoms with Gasteiger partial charge in [-0.1, -0.05) is 6.07 Å². The van der Waals surface area contributed by atoms with Gasteiger partial charge in [0.25, 0.3) is 0 Å². The van der Waals surface area contributed by atoms with Gasteiger partial charge in [0.1, 0.15) is 0 Å². The van der Waals surface area contributed by atoms with Gasteiger partial charge in [0.2, 0.25) is 5.91 Å². The van der Waals surface area contributed by atoms with Crippen molar-refractivity contribution in [2.45, 2.75) is 33.2 Å². The van der Waals surface area contributed by atoms with Crippen LogP contribution in [0.4, 0.5) is 11.4 Å². The molecule has 0 aliphatic rings. The molecule has 0 fully saturated rings. The molecule has 0 bridgehead atoms. The zero-order valence-corrected chi connectivity index (χ0v) is 11.9. The van der Waals surface area contributed by atoms with E-state index in [0.717, 1.165) is 30.0 Å². The largest absolute Gasteiger partial charge is 0.399 e. The number of carbonyl (C=O) groups is 1. The Hall–Kier alpha value is -2.30. The van der Waals surface area contributed by atoms with Crippen molar-refractivity contribution in [1.82, 2.24) is 9.78 Å². The first-order valence-electron chi connectivity index (χ1n) is 6.71. The molecule has 0 unspecified atom stereocenters. The number of aryl methyl sites for hydroxylation is 3. The lowest BCUT2D eigenvalue weighted by Crippen LogP contribution is -2.13. The fraction of sp³-hybridized carbons (Fsp3) is 0.333. The van der Waals surface area contributed by atoms with Crippen LogP contribution in [-0.4, -0.2) is 15.7 Å². The zero-order valence-electron chi connectivity index (χ0n) is 11.9. The van der Waals surface area contributed by atoms with E-state index in [1.54, 1.807) is 12.1 Å². The van der Waals surface area contributed by atoms with Crippen molar-refractivity contribution in [2.75, 3.05) is 11.1 Å². The van der Waals surface area contributed by atoms with E-state index in [-0.39, 0.29) is 5.91 Å². The highest BCUT2D eigenvalue weighted by atomic mass is 16.1. The number of hydrogen-bond donors (Lipinski definition) is 2. The topological polar surface area (TPSA) is 72.9 Å². The Morgan fingerprint density at radius 3 is 2.80 bits per heavy atom. The first kappa shape index (κ1) is 14.1. The van der Waals surface area contributed by atoms with Crippen molar-refractivity contribution in [1.29, 1.82) is 0 Å². The van der Waals surface area contributed by atoms with E-state index in [1.807, 2.05) is 36.7 Å². The molecule has 5 nitrogen and oxygen atoms in total. The second-order valence-corrected chi connectivity index (χ2v) is 4.93. The van der Waals surface area contributed by atoms with Crippen molar-refractivity contribution < 1.29 is 4.79 Å². The Labute approximate surface area is 118 Å². The lowest BCUT2D eigenvalue weighted by molar-refractivity contribution is -0.116. The van der Waals surface area contributed by atoms with Crippen molar-refractivity contribution in [3.05, 3.63) is 41.7 Å². The summed E-state index contributed by atoms with van der Waals surface area (Å²) in [6.07, 6.45) is 1.23. The maximum absolute atomic E-state index is 11.8. The number of anilines is 2. The van der Waals surface area contributed by atoms with Crippen LogP contribution in [0, 0.1) is 13.8 Å². The van der Waals surface area contributed by atoms with Gasteiger partial charge in [-0.25, -0.2) is 0 Å². The molecular weight excluding hydrogens is 252 g/mol. The smallest absolute Gasteiger partial charge is 0.224 e. The third kappa shape index (κ3) is 3.85. The number of hydrogen-bond acceptors (Lipinski definition) is 3. The molecule has 0 radical (unpaired) electrons. The molecule has 1 aromatic carbocycles. The van der Waals surface area contributed by atoms with Crippen LogP contribution in [-0.2, 0) is 11.3 Å². The number of nitrogen functional groups attached to an aromatic ring is 1. The van der Waals surface area contributed by atoms with Gasteiger partial charge in [-0.2, -0.15) is 5.10 Å². The number of aromatic nitrogens is 2. The normalized spacial score (nSPS) is 10.5. The number of amides is 1. The van der Waals surface area contributed by atoms with Crippen LogP contribution in [0.1, 0.15) is 24.2 Å². The predicted molar refractivity (Wildman–Crippen MR) is 80.4 cm³/mol. The van der Waals surface area contributed by atoms with E-state index >= 15 is 0 Å². The SMILES string of the molecule is Cc1cc(C)n(CCCC(=O)Nc2cccc(N)c2)n1. The number of nitrogens with zero attached hydrogens (tertiary/aromatic N) is 2. The standard InChI is InChI=1S/C15H20N4O/c1-11-9-12(2)19(18-11)8-4-7-15(20)17-14-6-3-5-13(16)10-14/h3,5-6,9-10H,4,7-8,16H2,1-2H3,(H,17,20). The third-order valence-electron chi connectivity index (χ3n) is 3.05. The summed E-state index contributed by atoms with van der Waals surface area (Å²) in [5, 5.41) is 7.21. The van der Waals surface area contributed by atoms with E-state index in [9.17, 15) is 4.79 Å². The first-order chi connectivity index (χ1) is 9.54. The molecule has 1 aromatic heterocycles. The Kier molecular flexibility index (Phi) is 4.40. The first-order valence-corrected chi connectivity index (χ1v) is 6.71. The molecule has 3 N–H and O–H groups in total. The molecule has 2 aromatic rings. The summed E-state index contributed by atoms with van der Waals surface area (Å²) in [5.41, 5.74) is 9.18. The second kappa shape index (κ2) is 6.23. The van der Waals surface area contributed by atoms with E-state index < -0.39 is 0 Å². The predicted octanol–water partition coefficient (Wildman–Crippen LogP) is 2.50. The molecule has 5 heteroatoms. The Morgan fingerprint density at radius 2 is 2.15 bits per heavy atom. The molecule has 0 spiro atoms. The molecule has 0 atom stereocenters. The molecule has 0 aliphatic carbocycles. The summed E-state index contributed by atoms with van der Waals surface area (Å²) >= 11 is 0. The Morgan fingerprint density at radius 1 is 1.35 bits per heavy atom. The summed E-state index contributed by atoms with van der Waals surface area (Å²) in [6.45, 7) is 4.74. The highest BCUT2D eigenvalue weighted by Gasteiger charge is 2.05. The van der Waals surface area contributed by atoms with Crippen LogP contribution in [0.25, 0.3) is 0 Å². The summed E-state index contributed by atoms with van der Waals surface area (Å²) in [6, 6.07) is 9.22. The Balaban J connectivity index is 1.79. The van der Waals surface area contributed by atoms with Gasteiger partial charge in [-0.3, -0.25) is 9.48 Å². The van der Waals surface area contributed by atoms with Crippen LogP contribution >= 0.6 is 0 Å². The summed E-state index contributed by atoms with van der Waals surface area (Å²) in [4.78, 5) is 11.8. The number of carbonyl (C=O) groups excluding carboxylic acids is 1. The van der Waals surface area contributed by atoms with Crippen molar-refractivity contribution in [3.8, 4) is 0 Å². The fourth-order valence-electron chi connectivity index (χ4n) is 2.13. The minimum Gasteiger partial charge on any atom is -0.399 e. The zero-order chi connectivity index (χ0) is 14.5. The van der Waals surface area contributed by atoms with Crippen LogP contribution in [0.5, 0.6) is 0 Å². The Bertz CT molecular complexity index is 604. The maximum Gasteiger partial charge on any atom is 0.224 e. The highest BCUT2D eigenvalue weighted by Crippen LogP contribution is 2.12. The van der Waals surface area contributed by atoms with E-state index in [0.29, 0.717) is 12.1 Å². The average molecular weight is 272 g/mol. The second-order valence-electron chi connectivity index (χ2n) is 4.93. The van der Waals surface area contributed by atoms with Gasteiger partial charge >= 0.3 is 0 Å². The summed E-state index contributed by atoms with van der Waals surface area (Å²) < 4.78 is 1.93. The lowest BCUT2D eigenvalue weighted by Gasteiger charge is -2.07. The van der Waals surface area contributed by atoms with Crippen LogP contribution in [0.15, 0.2) is 30.3 Å². The summed E-state index contributed by atoms with van der Waals surface area (Å²) in [5.74, 6) is -0.00266. The van der Waals surface area contributed by atoms with Gasteiger partial charge in [-0.05, 0) is 44.5 Å². The van der Waals surface area contributed by atoms with Crippen molar-refractivity contribution in [2.24, 2.45) is 0 Å². The number of benzene rings is 1. The van der Waals surface area contributed by atoms with Crippen molar-refractivity contribution >= 4 is 17.3 Å². The lowest BCUT2D eigenvalue weighted by atomic mass is 10.2. The molecular formula is C15H20N4O.